The van der Waals surface area contributed by atoms with Crippen LogP contribution in [0.1, 0.15) is 13.8 Å². The molecule has 1 aromatic rings. The lowest BCUT2D eigenvalue weighted by molar-refractivity contribution is -0.895. The van der Waals surface area contributed by atoms with Gasteiger partial charge in [0, 0.05) is 6.04 Å². The number of nitrogens with one attached hydrogen (secondary N) is 3. The number of nitrogens with zero attached hydrogens (tertiary/aromatic N) is 1. The number of carbonyl (C=O) groups excluding carboxylic acids is 2. The van der Waals surface area contributed by atoms with Crippen molar-refractivity contribution < 1.29 is 22.9 Å². The first-order valence-electron chi connectivity index (χ1n) is 8.33. The number of hydrogen-bond donors (Lipinski definition) is 3. The van der Waals surface area contributed by atoms with E-state index in [4.69, 9.17) is 11.6 Å². The predicted molar refractivity (Wildman–Crippen MR) is 99.9 cm³/mol. The maximum Gasteiger partial charge on any atom is 0.275 e. The van der Waals surface area contributed by atoms with Crippen molar-refractivity contribution in [3.05, 3.63) is 16.5 Å². The third-order valence-corrected chi connectivity index (χ3v) is 7.48. The average molecular weight is 424 g/mol. The fourth-order valence-corrected chi connectivity index (χ4v) is 5.70. The van der Waals surface area contributed by atoms with Gasteiger partial charge in [0.25, 0.3) is 15.9 Å². The standard InChI is InChI=1S/C15H23ClN4O4S2/c1-11(2)18-13(21)9-17-14(22)10-19-5-7-20(8-6-19)26(23,24)15-4-3-12(16)25-15/h3-4,11H,5-10H2,1-2H3,(H,17,22)(H,18,21)/p+1. The summed E-state index contributed by atoms with van der Waals surface area (Å²) < 4.78 is 27.2. The molecule has 1 aliphatic rings. The van der Waals surface area contributed by atoms with E-state index in [2.05, 4.69) is 10.6 Å². The number of amides is 2. The van der Waals surface area contributed by atoms with Crippen LogP contribution in [0.15, 0.2) is 16.3 Å². The number of rotatable bonds is 7. The lowest BCUT2D eigenvalue weighted by Crippen LogP contribution is -3.15. The second kappa shape index (κ2) is 9.14. The summed E-state index contributed by atoms with van der Waals surface area (Å²) in [6, 6.07) is 3.11. The van der Waals surface area contributed by atoms with Crippen LogP contribution in [-0.4, -0.2) is 69.8 Å². The third-order valence-electron chi connectivity index (χ3n) is 3.88. The molecule has 8 nitrogen and oxygen atoms in total. The Morgan fingerprint density at radius 3 is 2.46 bits per heavy atom. The van der Waals surface area contributed by atoms with E-state index in [1.165, 1.54) is 10.4 Å². The summed E-state index contributed by atoms with van der Waals surface area (Å²) in [6.45, 7) is 5.61. The van der Waals surface area contributed by atoms with Crippen LogP contribution in [-0.2, 0) is 19.6 Å². The zero-order valence-corrected chi connectivity index (χ0v) is 17.1. The Hall–Kier alpha value is -1.20. The van der Waals surface area contributed by atoms with Crippen LogP contribution in [0.25, 0.3) is 0 Å². The normalized spacial score (nSPS) is 16.6. The van der Waals surface area contributed by atoms with E-state index in [9.17, 15) is 18.0 Å². The van der Waals surface area contributed by atoms with Gasteiger partial charge in [0.1, 0.15) is 4.21 Å². The molecule has 0 saturated carbocycles. The lowest BCUT2D eigenvalue weighted by Gasteiger charge is -2.30. The molecular weight excluding hydrogens is 400 g/mol. The Bertz CT molecular complexity index is 743. The number of sulfonamides is 1. The zero-order chi connectivity index (χ0) is 19.3. The monoisotopic (exact) mass is 423 g/mol. The molecule has 0 aromatic carbocycles. The van der Waals surface area contributed by atoms with Gasteiger partial charge in [0.2, 0.25) is 5.91 Å². The summed E-state index contributed by atoms with van der Waals surface area (Å²) in [5.74, 6) is -0.450. The van der Waals surface area contributed by atoms with Crippen molar-refractivity contribution in [2.45, 2.75) is 24.1 Å². The minimum Gasteiger partial charge on any atom is -0.352 e. The molecule has 0 bridgehead atoms. The van der Waals surface area contributed by atoms with Crippen molar-refractivity contribution in [2.24, 2.45) is 0 Å². The number of piperazine rings is 1. The molecule has 2 heterocycles. The molecule has 0 atom stereocenters. The van der Waals surface area contributed by atoms with Crippen molar-refractivity contribution in [1.82, 2.24) is 14.9 Å². The topological polar surface area (TPSA) is 100 Å². The quantitative estimate of drug-likeness (QED) is 0.520. The van der Waals surface area contributed by atoms with E-state index in [0.717, 1.165) is 16.2 Å². The van der Waals surface area contributed by atoms with Gasteiger partial charge in [-0.05, 0) is 26.0 Å². The minimum atomic E-state index is -3.53. The van der Waals surface area contributed by atoms with E-state index in [1.54, 1.807) is 6.07 Å². The van der Waals surface area contributed by atoms with Crippen LogP contribution in [0.5, 0.6) is 0 Å². The fourth-order valence-electron chi connectivity index (χ4n) is 2.62. The van der Waals surface area contributed by atoms with Crippen molar-refractivity contribution >= 4 is 44.8 Å². The van der Waals surface area contributed by atoms with Crippen LogP contribution >= 0.6 is 22.9 Å². The van der Waals surface area contributed by atoms with E-state index in [-0.39, 0.29) is 35.2 Å². The third kappa shape index (κ3) is 5.92. The molecule has 1 saturated heterocycles. The first kappa shape index (κ1) is 21.1. The predicted octanol–water partition coefficient (Wildman–Crippen LogP) is -1.07. The number of thiophene rings is 1. The summed E-state index contributed by atoms with van der Waals surface area (Å²) in [7, 11) is -3.53. The molecule has 3 N–H and O–H groups in total. The van der Waals surface area contributed by atoms with Crippen LogP contribution in [0.2, 0.25) is 4.34 Å². The second-order valence-electron chi connectivity index (χ2n) is 6.39. The van der Waals surface area contributed by atoms with Gasteiger partial charge in [-0.1, -0.05) is 11.6 Å². The smallest absolute Gasteiger partial charge is 0.275 e. The van der Waals surface area contributed by atoms with E-state index in [1.807, 2.05) is 13.8 Å². The van der Waals surface area contributed by atoms with Crippen molar-refractivity contribution in [3.63, 3.8) is 0 Å². The van der Waals surface area contributed by atoms with Gasteiger partial charge >= 0.3 is 0 Å². The van der Waals surface area contributed by atoms with Gasteiger partial charge in [-0.3, -0.25) is 9.59 Å². The number of carbonyl (C=O) groups is 2. The summed E-state index contributed by atoms with van der Waals surface area (Å²) in [5.41, 5.74) is 0. The van der Waals surface area contributed by atoms with Crippen LogP contribution in [0.3, 0.4) is 0 Å². The highest BCUT2D eigenvalue weighted by atomic mass is 35.5. The first-order chi connectivity index (χ1) is 12.2. The van der Waals surface area contributed by atoms with Crippen LogP contribution < -0.4 is 15.5 Å². The summed E-state index contributed by atoms with van der Waals surface area (Å²) in [6.07, 6.45) is 0. The molecule has 2 rings (SSSR count). The second-order valence-corrected chi connectivity index (χ2v) is 10.3. The molecule has 1 fully saturated rings. The SMILES string of the molecule is CC(C)NC(=O)CNC(=O)C[NH+]1CCN(S(=O)(=O)c2ccc(Cl)s2)CC1. The molecule has 1 aliphatic heterocycles. The average Bonchev–Trinajstić information content (AvgIpc) is 3.00. The van der Waals surface area contributed by atoms with Crippen LogP contribution in [0, 0.1) is 0 Å². The van der Waals surface area contributed by atoms with E-state index >= 15 is 0 Å². The molecule has 146 valence electrons. The molecule has 11 heteroatoms. The van der Waals surface area contributed by atoms with Gasteiger partial charge in [-0.25, -0.2) is 8.42 Å². The molecule has 1 aromatic heterocycles. The maximum absolute atomic E-state index is 12.5. The molecule has 0 radical (unpaired) electrons. The van der Waals surface area contributed by atoms with Gasteiger partial charge in [0.15, 0.2) is 6.54 Å². The molecule has 26 heavy (non-hydrogen) atoms. The van der Waals surface area contributed by atoms with Gasteiger partial charge in [-0.2, -0.15) is 4.31 Å². The van der Waals surface area contributed by atoms with Crippen molar-refractivity contribution in [3.8, 4) is 0 Å². The summed E-state index contributed by atoms with van der Waals surface area (Å²) in [4.78, 5) is 24.5. The van der Waals surface area contributed by atoms with Crippen molar-refractivity contribution in [1.29, 1.82) is 0 Å². The lowest BCUT2D eigenvalue weighted by atomic mass is 10.3. The van der Waals surface area contributed by atoms with Crippen molar-refractivity contribution in [2.75, 3.05) is 39.3 Å². The number of halogens is 1. The first-order valence-corrected chi connectivity index (χ1v) is 11.0. The number of hydrogen-bond acceptors (Lipinski definition) is 5. The molecular formula is C15H24ClN4O4S2+. The Morgan fingerprint density at radius 1 is 1.27 bits per heavy atom. The van der Waals surface area contributed by atoms with Gasteiger partial charge in [-0.15, -0.1) is 11.3 Å². The fraction of sp³-hybridized carbons (Fsp3) is 0.600. The Balaban J connectivity index is 1.78. The zero-order valence-electron chi connectivity index (χ0n) is 14.7. The minimum absolute atomic E-state index is 0.0262. The Kier molecular flexibility index (Phi) is 7.42. The Labute approximate surface area is 162 Å². The van der Waals surface area contributed by atoms with Gasteiger partial charge < -0.3 is 15.5 Å². The molecule has 2 amide bonds. The summed E-state index contributed by atoms with van der Waals surface area (Å²) >= 11 is 6.86. The largest absolute Gasteiger partial charge is 0.352 e. The highest BCUT2D eigenvalue weighted by molar-refractivity contribution is 7.91. The number of quaternary nitrogens is 1. The highest BCUT2D eigenvalue weighted by Crippen LogP contribution is 2.27. The molecule has 0 spiro atoms. The summed E-state index contributed by atoms with van der Waals surface area (Å²) in [5, 5.41) is 5.29. The maximum atomic E-state index is 12.5. The van der Waals surface area contributed by atoms with Crippen LogP contribution in [0.4, 0.5) is 0 Å². The van der Waals surface area contributed by atoms with E-state index in [0.29, 0.717) is 30.5 Å². The van der Waals surface area contributed by atoms with Gasteiger partial charge in [0.05, 0.1) is 37.1 Å². The molecule has 0 unspecified atom stereocenters. The van der Waals surface area contributed by atoms with E-state index < -0.39 is 10.0 Å². The molecule has 0 aliphatic carbocycles. The highest BCUT2D eigenvalue weighted by Gasteiger charge is 2.32. The Morgan fingerprint density at radius 2 is 1.92 bits per heavy atom.